The van der Waals surface area contributed by atoms with Crippen LogP contribution in [0.15, 0.2) is 17.0 Å². The molecule has 6 nitrogen and oxygen atoms in total. The lowest BCUT2D eigenvalue weighted by atomic mass is 9.95. The molecule has 2 rings (SSSR count). The zero-order chi connectivity index (χ0) is 15.7. The van der Waals surface area contributed by atoms with Crippen LogP contribution in [0, 0.1) is 13.8 Å². The fraction of sp³-hybridized carbons (Fsp3) is 0.571. The number of aliphatic hydroxyl groups is 1. The largest absolute Gasteiger partial charge is 0.398 e. The van der Waals surface area contributed by atoms with Gasteiger partial charge < -0.3 is 15.6 Å². The lowest BCUT2D eigenvalue weighted by Gasteiger charge is -2.32. The van der Waals surface area contributed by atoms with Gasteiger partial charge in [-0.15, -0.1) is 0 Å². The van der Waals surface area contributed by atoms with E-state index in [9.17, 15) is 13.5 Å². The second kappa shape index (κ2) is 5.92. The summed E-state index contributed by atoms with van der Waals surface area (Å²) >= 11 is 0. The number of nitrogens with two attached hydrogens (primary N) is 1. The van der Waals surface area contributed by atoms with Gasteiger partial charge in [-0.1, -0.05) is 0 Å². The molecular formula is C14H22N2O4S. The van der Waals surface area contributed by atoms with Gasteiger partial charge in [0.25, 0.3) is 0 Å². The third-order valence-corrected chi connectivity index (χ3v) is 5.39. The Kier molecular flexibility index (Phi) is 4.57. The van der Waals surface area contributed by atoms with Crippen molar-refractivity contribution in [1.82, 2.24) is 4.72 Å². The minimum absolute atomic E-state index is 0.0366. The fourth-order valence-electron chi connectivity index (χ4n) is 2.28. The molecule has 0 aromatic heterocycles. The molecule has 21 heavy (non-hydrogen) atoms. The van der Waals surface area contributed by atoms with E-state index in [0.29, 0.717) is 26.1 Å². The van der Waals surface area contributed by atoms with Crippen LogP contribution < -0.4 is 10.5 Å². The molecule has 4 N–H and O–H groups in total. The molecule has 0 saturated carbocycles. The molecule has 1 fully saturated rings. The zero-order valence-corrected chi connectivity index (χ0v) is 13.2. The molecule has 1 heterocycles. The van der Waals surface area contributed by atoms with Crippen LogP contribution in [0.25, 0.3) is 0 Å². The van der Waals surface area contributed by atoms with Crippen LogP contribution in [0.4, 0.5) is 5.69 Å². The van der Waals surface area contributed by atoms with Gasteiger partial charge in [-0.05, 0) is 37.1 Å². The van der Waals surface area contributed by atoms with Crippen LogP contribution in [0.2, 0.25) is 0 Å². The quantitative estimate of drug-likeness (QED) is 0.710. The van der Waals surface area contributed by atoms with Gasteiger partial charge in [0.2, 0.25) is 10.0 Å². The van der Waals surface area contributed by atoms with E-state index in [1.54, 1.807) is 12.1 Å². The summed E-state index contributed by atoms with van der Waals surface area (Å²) in [4.78, 5) is 0.0567. The molecule has 1 aliphatic heterocycles. The van der Waals surface area contributed by atoms with E-state index in [2.05, 4.69) is 4.72 Å². The average Bonchev–Trinajstić information content (AvgIpc) is 2.42. The molecule has 1 saturated heterocycles. The number of hydrogen-bond donors (Lipinski definition) is 3. The second-order valence-electron chi connectivity index (χ2n) is 5.64. The van der Waals surface area contributed by atoms with Crippen LogP contribution in [0.5, 0.6) is 0 Å². The maximum absolute atomic E-state index is 12.4. The van der Waals surface area contributed by atoms with Crippen LogP contribution in [-0.2, 0) is 14.8 Å². The van der Waals surface area contributed by atoms with E-state index >= 15 is 0 Å². The number of nitrogen functional groups attached to an aromatic ring is 1. The van der Waals surface area contributed by atoms with E-state index in [0.717, 1.165) is 11.1 Å². The molecule has 1 aromatic rings. The fourth-order valence-corrected chi connectivity index (χ4v) is 3.60. The van der Waals surface area contributed by atoms with Crippen molar-refractivity contribution in [2.45, 2.75) is 37.2 Å². The Bertz CT molecular complexity index is 622. The van der Waals surface area contributed by atoms with Crippen molar-refractivity contribution in [2.75, 3.05) is 25.5 Å². The molecule has 0 amide bonds. The highest BCUT2D eigenvalue weighted by Crippen LogP contribution is 2.24. The van der Waals surface area contributed by atoms with E-state index < -0.39 is 15.6 Å². The number of hydrogen-bond acceptors (Lipinski definition) is 5. The first kappa shape index (κ1) is 16.2. The molecule has 0 unspecified atom stereocenters. The average molecular weight is 314 g/mol. The molecule has 118 valence electrons. The number of aryl methyl sites for hydroxylation is 2. The first-order valence-electron chi connectivity index (χ1n) is 6.90. The highest BCUT2D eigenvalue weighted by molar-refractivity contribution is 7.89. The highest BCUT2D eigenvalue weighted by Gasteiger charge is 2.32. The third-order valence-electron chi connectivity index (χ3n) is 3.93. The Morgan fingerprint density at radius 3 is 2.48 bits per heavy atom. The van der Waals surface area contributed by atoms with Gasteiger partial charge in [-0.25, -0.2) is 13.1 Å². The van der Waals surface area contributed by atoms with Gasteiger partial charge in [-0.3, -0.25) is 0 Å². The predicted octanol–water partition coefficient (Wildman–Crippen LogP) is 0.705. The van der Waals surface area contributed by atoms with Crippen LogP contribution in [-0.4, -0.2) is 38.9 Å². The molecule has 0 bridgehead atoms. The van der Waals surface area contributed by atoms with E-state index in [1.807, 2.05) is 13.8 Å². The number of rotatable bonds is 4. The number of ether oxygens (including phenoxy) is 1. The van der Waals surface area contributed by atoms with Gasteiger partial charge in [0.15, 0.2) is 0 Å². The standard InChI is InChI=1S/C14H22N2O4S/c1-10-7-12(15)13(8-11(10)2)21(18,19)16-9-14(17)3-5-20-6-4-14/h7-8,16-17H,3-6,9,15H2,1-2H3. The Labute approximate surface area is 125 Å². The Morgan fingerprint density at radius 1 is 1.29 bits per heavy atom. The molecule has 0 atom stereocenters. The monoisotopic (exact) mass is 314 g/mol. The lowest BCUT2D eigenvalue weighted by Crippen LogP contribution is -2.46. The van der Waals surface area contributed by atoms with Crippen molar-refractivity contribution in [2.24, 2.45) is 0 Å². The maximum atomic E-state index is 12.4. The van der Waals surface area contributed by atoms with Crippen molar-refractivity contribution < 1.29 is 18.3 Å². The highest BCUT2D eigenvalue weighted by atomic mass is 32.2. The summed E-state index contributed by atoms with van der Waals surface area (Å²) in [5, 5.41) is 10.3. The minimum atomic E-state index is -3.74. The molecule has 1 aliphatic rings. The molecule has 0 spiro atoms. The number of sulfonamides is 1. The third kappa shape index (κ3) is 3.74. The van der Waals surface area contributed by atoms with Gasteiger partial charge in [0.1, 0.15) is 4.90 Å². The predicted molar refractivity (Wildman–Crippen MR) is 80.5 cm³/mol. The summed E-state index contributed by atoms with van der Waals surface area (Å²) in [5.41, 5.74) is 6.77. The van der Waals surface area contributed by atoms with Crippen molar-refractivity contribution in [3.8, 4) is 0 Å². The summed E-state index contributed by atoms with van der Waals surface area (Å²) in [7, 11) is -3.74. The van der Waals surface area contributed by atoms with E-state index in [1.165, 1.54) is 0 Å². The Balaban J connectivity index is 2.17. The number of nitrogens with one attached hydrogen (secondary N) is 1. The summed E-state index contributed by atoms with van der Waals surface area (Å²) in [6, 6.07) is 3.20. The van der Waals surface area contributed by atoms with Crippen LogP contribution in [0.1, 0.15) is 24.0 Å². The number of benzene rings is 1. The van der Waals surface area contributed by atoms with Crippen LogP contribution in [0.3, 0.4) is 0 Å². The molecule has 7 heteroatoms. The summed E-state index contributed by atoms with van der Waals surface area (Å²) < 4.78 is 32.4. The number of anilines is 1. The van der Waals surface area contributed by atoms with Gasteiger partial charge in [0.05, 0.1) is 11.3 Å². The molecule has 0 radical (unpaired) electrons. The summed E-state index contributed by atoms with van der Waals surface area (Å²) in [6.45, 7) is 4.54. The van der Waals surface area contributed by atoms with Gasteiger partial charge in [0, 0.05) is 32.6 Å². The normalized spacial score (nSPS) is 18.6. The first-order chi connectivity index (χ1) is 9.73. The second-order valence-corrected chi connectivity index (χ2v) is 7.37. The minimum Gasteiger partial charge on any atom is -0.398 e. The summed E-state index contributed by atoms with van der Waals surface area (Å²) in [6.07, 6.45) is 0.829. The molecule has 0 aliphatic carbocycles. The Hall–Kier alpha value is -1.15. The zero-order valence-electron chi connectivity index (χ0n) is 12.3. The first-order valence-corrected chi connectivity index (χ1v) is 8.38. The SMILES string of the molecule is Cc1cc(N)c(S(=O)(=O)NCC2(O)CCOCC2)cc1C. The van der Waals surface area contributed by atoms with E-state index in [4.69, 9.17) is 10.5 Å². The lowest BCUT2D eigenvalue weighted by molar-refractivity contribution is -0.0588. The van der Waals surface area contributed by atoms with Crippen molar-refractivity contribution in [3.05, 3.63) is 23.3 Å². The van der Waals surface area contributed by atoms with Gasteiger partial charge >= 0.3 is 0 Å². The van der Waals surface area contributed by atoms with Gasteiger partial charge in [-0.2, -0.15) is 0 Å². The maximum Gasteiger partial charge on any atom is 0.242 e. The molecular weight excluding hydrogens is 292 g/mol. The van der Waals surface area contributed by atoms with E-state index in [-0.39, 0.29) is 17.1 Å². The smallest absolute Gasteiger partial charge is 0.242 e. The molecule has 1 aromatic carbocycles. The Morgan fingerprint density at radius 2 is 1.86 bits per heavy atom. The van der Waals surface area contributed by atoms with Crippen LogP contribution >= 0.6 is 0 Å². The van der Waals surface area contributed by atoms with Crippen molar-refractivity contribution in [1.29, 1.82) is 0 Å². The van der Waals surface area contributed by atoms with Crippen molar-refractivity contribution >= 4 is 15.7 Å². The summed E-state index contributed by atoms with van der Waals surface area (Å²) in [5.74, 6) is 0. The topological polar surface area (TPSA) is 102 Å². The van der Waals surface area contributed by atoms with Crippen molar-refractivity contribution in [3.63, 3.8) is 0 Å².